The van der Waals surface area contributed by atoms with Crippen LogP contribution in [0, 0.1) is 0 Å². The predicted molar refractivity (Wildman–Crippen MR) is 123 cm³/mol. The summed E-state index contributed by atoms with van der Waals surface area (Å²) in [7, 11) is 0. The van der Waals surface area contributed by atoms with Crippen LogP contribution in [-0.4, -0.2) is 26.8 Å². The fourth-order valence-corrected chi connectivity index (χ4v) is 3.72. The van der Waals surface area contributed by atoms with Crippen LogP contribution in [0.4, 0.5) is 11.5 Å². The number of halogens is 1. The molecule has 31 heavy (non-hydrogen) atoms. The molecule has 0 saturated carbocycles. The van der Waals surface area contributed by atoms with Crippen LogP contribution >= 0.6 is 22.9 Å². The number of nitrogens with zero attached hydrogens (tertiary/aromatic N) is 3. The molecule has 0 bridgehead atoms. The van der Waals surface area contributed by atoms with Crippen LogP contribution in [0.15, 0.2) is 36.8 Å². The molecule has 3 rings (SSSR count). The number of amides is 2. The summed E-state index contributed by atoms with van der Waals surface area (Å²) in [5.74, 6) is -0.745. The third-order valence-corrected chi connectivity index (χ3v) is 6.03. The lowest BCUT2D eigenvalue weighted by Gasteiger charge is -2.19. The average molecular weight is 459 g/mol. The number of carbonyl (C=O) groups is 2. The Morgan fingerprint density at radius 3 is 2.61 bits per heavy atom. The van der Waals surface area contributed by atoms with Gasteiger partial charge in [0.25, 0.3) is 11.8 Å². The highest BCUT2D eigenvalue weighted by Crippen LogP contribution is 2.26. The van der Waals surface area contributed by atoms with Gasteiger partial charge in [-0.1, -0.05) is 44.5 Å². The minimum absolute atomic E-state index is 0.0103. The Kier molecular flexibility index (Phi) is 6.56. The number of nitrogens with one attached hydrogen (secondary N) is 2. The van der Waals surface area contributed by atoms with Crippen molar-refractivity contribution in [1.82, 2.24) is 20.3 Å². The van der Waals surface area contributed by atoms with Crippen LogP contribution < -0.4 is 16.4 Å². The second-order valence-corrected chi connectivity index (χ2v) is 9.40. The Balaban J connectivity index is 1.68. The van der Waals surface area contributed by atoms with Crippen LogP contribution in [0.3, 0.4) is 0 Å². The number of nitrogens with two attached hydrogens (primary N) is 1. The number of nitrogen functional groups attached to an aromatic ring is 1. The van der Waals surface area contributed by atoms with Gasteiger partial charge in [0.05, 0.1) is 12.2 Å². The minimum Gasteiger partial charge on any atom is -0.382 e. The Morgan fingerprint density at radius 2 is 1.90 bits per heavy atom. The van der Waals surface area contributed by atoms with E-state index in [2.05, 4.69) is 46.4 Å². The van der Waals surface area contributed by atoms with Crippen molar-refractivity contribution in [3.63, 3.8) is 0 Å². The molecule has 0 saturated heterocycles. The zero-order valence-corrected chi connectivity index (χ0v) is 19.1. The molecule has 0 radical (unpaired) electrons. The summed E-state index contributed by atoms with van der Waals surface area (Å²) in [6.07, 6.45) is 2.66. The van der Waals surface area contributed by atoms with Gasteiger partial charge in [0, 0.05) is 5.69 Å². The second kappa shape index (κ2) is 8.99. The van der Waals surface area contributed by atoms with Gasteiger partial charge in [-0.2, -0.15) is 0 Å². The lowest BCUT2D eigenvalue weighted by Crippen LogP contribution is -2.28. The number of benzene rings is 1. The van der Waals surface area contributed by atoms with Crippen molar-refractivity contribution >= 4 is 46.3 Å². The molecule has 2 heterocycles. The van der Waals surface area contributed by atoms with Gasteiger partial charge in [0.2, 0.25) is 0 Å². The van der Waals surface area contributed by atoms with Crippen molar-refractivity contribution in [1.29, 1.82) is 0 Å². The number of hydrogen-bond acceptors (Lipinski definition) is 7. The summed E-state index contributed by atoms with van der Waals surface area (Å²) in [5.41, 5.74) is 7.41. The molecule has 162 valence electrons. The Labute approximate surface area is 189 Å². The lowest BCUT2D eigenvalue weighted by atomic mass is 9.87. The van der Waals surface area contributed by atoms with Gasteiger partial charge in [-0.3, -0.25) is 9.59 Å². The summed E-state index contributed by atoms with van der Waals surface area (Å²) in [4.78, 5) is 37.4. The first-order chi connectivity index (χ1) is 14.6. The van der Waals surface area contributed by atoms with Crippen LogP contribution in [-0.2, 0) is 5.41 Å². The van der Waals surface area contributed by atoms with Crippen molar-refractivity contribution in [2.24, 2.45) is 0 Å². The van der Waals surface area contributed by atoms with E-state index in [1.165, 1.54) is 23.9 Å². The topological polar surface area (TPSA) is 123 Å². The van der Waals surface area contributed by atoms with Crippen LogP contribution in [0.1, 0.15) is 64.5 Å². The van der Waals surface area contributed by atoms with E-state index in [0.717, 1.165) is 5.56 Å². The van der Waals surface area contributed by atoms with E-state index in [1.54, 1.807) is 6.92 Å². The molecule has 1 unspecified atom stereocenters. The third-order valence-electron chi connectivity index (χ3n) is 4.48. The highest BCUT2D eigenvalue weighted by atomic mass is 35.5. The van der Waals surface area contributed by atoms with Crippen LogP contribution in [0.25, 0.3) is 0 Å². The molecule has 1 aromatic carbocycles. The SMILES string of the molecule is CC(NC(=O)c1ncnc(N)c1Cl)c1ncc(C(=O)Nc2cccc(C(C)(C)C)c2)s1. The maximum Gasteiger partial charge on any atom is 0.272 e. The molecule has 1 atom stereocenters. The number of aromatic nitrogens is 3. The summed E-state index contributed by atoms with van der Waals surface area (Å²) in [6, 6.07) is 7.28. The number of anilines is 2. The van der Waals surface area contributed by atoms with E-state index < -0.39 is 11.9 Å². The number of thiazole rings is 1. The molecule has 8 nitrogen and oxygen atoms in total. The fraction of sp³-hybridized carbons (Fsp3) is 0.286. The minimum atomic E-state index is -0.508. The van der Waals surface area contributed by atoms with Crippen molar-refractivity contribution in [2.75, 3.05) is 11.1 Å². The summed E-state index contributed by atoms with van der Waals surface area (Å²) >= 11 is 7.20. The van der Waals surface area contributed by atoms with E-state index in [9.17, 15) is 9.59 Å². The van der Waals surface area contributed by atoms with Crippen LogP contribution in [0.2, 0.25) is 5.02 Å². The molecule has 2 aromatic heterocycles. The lowest BCUT2D eigenvalue weighted by molar-refractivity contribution is 0.0934. The predicted octanol–water partition coefficient (Wildman–Crippen LogP) is 4.21. The second-order valence-electron chi connectivity index (χ2n) is 7.96. The highest BCUT2D eigenvalue weighted by Gasteiger charge is 2.21. The molecule has 2 amide bonds. The standard InChI is InChI=1S/C21H23ClN6O2S/c1-11(27-19(30)16-15(22)17(23)26-10-25-16)20-24-9-14(31-20)18(29)28-13-7-5-6-12(8-13)21(2,3)4/h5-11H,1-4H3,(H,27,30)(H,28,29)(H2,23,25,26). The Hall–Kier alpha value is -3.04. The van der Waals surface area contributed by atoms with E-state index in [4.69, 9.17) is 17.3 Å². The first-order valence-electron chi connectivity index (χ1n) is 9.50. The van der Waals surface area contributed by atoms with E-state index in [0.29, 0.717) is 15.6 Å². The van der Waals surface area contributed by atoms with Gasteiger partial charge < -0.3 is 16.4 Å². The average Bonchev–Trinajstić information content (AvgIpc) is 3.20. The normalized spacial score (nSPS) is 12.3. The molecular weight excluding hydrogens is 436 g/mol. The van der Waals surface area contributed by atoms with Gasteiger partial charge >= 0.3 is 0 Å². The smallest absolute Gasteiger partial charge is 0.272 e. The molecule has 0 aliphatic carbocycles. The van der Waals surface area contributed by atoms with Crippen molar-refractivity contribution in [2.45, 2.75) is 39.2 Å². The molecule has 0 spiro atoms. The van der Waals surface area contributed by atoms with Gasteiger partial charge in [-0.25, -0.2) is 15.0 Å². The molecular formula is C21H23ClN6O2S. The van der Waals surface area contributed by atoms with Gasteiger partial charge in [0.15, 0.2) is 5.69 Å². The maximum atomic E-state index is 12.7. The quantitative estimate of drug-likeness (QED) is 0.526. The molecule has 10 heteroatoms. The zero-order valence-electron chi connectivity index (χ0n) is 17.6. The van der Waals surface area contributed by atoms with Gasteiger partial charge in [0.1, 0.15) is 27.1 Å². The van der Waals surface area contributed by atoms with Crippen molar-refractivity contribution < 1.29 is 9.59 Å². The number of hydrogen-bond donors (Lipinski definition) is 3. The first-order valence-corrected chi connectivity index (χ1v) is 10.7. The maximum absolute atomic E-state index is 12.7. The summed E-state index contributed by atoms with van der Waals surface area (Å²) < 4.78 is 0. The molecule has 0 aliphatic rings. The molecule has 4 N–H and O–H groups in total. The highest BCUT2D eigenvalue weighted by molar-refractivity contribution is 7.13. The van der Waals surface area contributed by atoms with E-state index in [1.807, 2.05) is 24.3 Å². The Bertz CT molecular complexity index is 1130. The summed E-state index contributed by atoms with van der Waals surface area (Å²) in [6.45, 7) is 8.09. The molecule has 0 aliphatic heterocycles. The Morgan fingerprint density at radius 1 is 1.16 bits per heavy atom. The van der Waals surface area contributed by atoms with Gasteiger partial charge in [-0.15, -0.1) is 11.3 Å². The molecule has 0 fully saturated rings. The van der Waals surface area contributed by atoms with E-state index in [-0.39, 0.29) is 27.9 Å². The fourth-order valence-electron chi connectivity index (χ4n) is 2.72. The first kappa shape index (κ1) is 22.6. The molecule has 3 aromatic rings. The van der Waals surface area contributed by atoms with E-state index >= 15 is 0 Å². The van der Waals surface area contributed by atoms with Crippen LogP contribution in [0.5, 0.6) is 0 Å². The van der Waals surface area contributed by atoms with Crippen molar-refractivity contribution in [3.05, 3.63) is 63.0 Å². The van der Waals surface area contributed by atoms with Crippen molar-refractivity contribution in [3.8, 4) is 0 Å². The number of carbonyl (C=O) groups excluding carboxylic acids is 2. The van der Waals surface area contributed by atoms with Gasteiger partial charge in [-0.05, 0) is 30.0 Å². The zero-order chi connectivity index (χ0) is 22.8. The largest absolute Gasteiger partial charge is 0.382 e. The third kappa shape index (κ3) is 5.36. The monoisotopic (exact) mass is 458 g/mol. The number of rotatable bonds is 5. The summed E-state index contributed by atoms with van der Waals surface area (Å²) in [5, 5.41) is 6.21.